The molecule has 1 heterocycles. The predicted molar refractivity (Wildman–Crippen MR) is 112 cm³/mol. The van der Waals surface area contributed by atoms with E-state index in [1.807, 2.05) is 18.2 Å². The summed E-state index contributed by atoms with van der Waals surface area (Å²) in [6.45, 7) is 3.51. The molecule has 0 fully saturated rings. The van der Waals surface area contributed by atoms with Gasteiger partial charge in [0.15, 0.2) is 0 Å². The maximum atomic E-state index is 13.2. The highest BCUT2D eigenvalue weighted by atomic mass is 16.5. The van der Waals surface area contributed by atoms with Gasteiger partial charge in [-0.15, -0.1) is 0 Å². The lowest BCUT2D eigenvalue weighted by Crippen LogP contribution is -2.31. The van der Waals surface area contributed by atoms with E-state index in [1.54, 1.807) is 57.4 Å². The van der Waals surface area contributed by atoms with E-state index in [0.717, 1.165) is 0 Å². The summed E-state index contributed by atoms with van der Waals surface area (Å²) in [5.41, 5.74) is 7.74. The topological polar surface area (TPSA) is 99.9 Å². The summed E-state index contributed by atoms with van der Waals surface area (Å²) in [6, 6.07) is 16.1. The van der Waals surface area contributed by atoms with Crippen molar-refractivity contribution in [3.8, 4) is 5.75 Å². The van der Waals surface area contributed by atoms with Crippen molar-refractivity contribution in [2.75, 3.05) is 19.0 Å². The maximum absolute atomic E-state index is 13.2. The first-order chi connectivity index (χ1) is 14.5. The van der Waals surface area contributed by atoms with Crippen molar-refractivity contribution in [3.63, 3.8) is 0 Å². The summed E-state index contributed by atoms with van der Waals surface area (Å²) in [6.07, 6.45) is 0. The average Bonchev–Trinajstić information content (AvgIpc) is 2.74. The number of allylic oxidation sites excluding steroid dienone is 1. The Hall–Kier alpha value is -3.74. The third-order valence-electron chi connectivity index (χ3n) is 4.71. The molecule has 3 rings (SSSR count). The van der Waals surface area contributed by atoms with Gasteiger partial charge in [-0.1, -0.05) is 30.3 Å². The number of nitrogens with one attached hydrogen (secondary N) is 1. The van der Waals surface area contributed by atoms with Crippen LogP contribution in [0.5, 0.6) is 5.75 Å². The van der Waals surface area contributed by atoms with Crippen LogP contribution in [0.2, 0.25) is 0 Å². The van der Waals surface area contributed by atoms with Crippen molar-refractivity contribution >= 4 is 17.6 Å². The molecule has 1 aliphatic heterocycles. The van der Waals surface area contributed by atoms with Gasteiger partial charge in [0, 0.05) is 5.69 Å². The van der Waals surface area contributed by atoms with E-state index < -0.39 is 17.8 Å². The third-order valence-corrected chi connectivity index (χ3v) is 4.71. The molecular formula is C23H24N2O5. The number of methoxy groups -OCH3 is 1. The van der Waals surface area contributed by atoms with Crippen LogP contribution in [-0.4, -0.2) is 25.6 Å². The molecule has 0 unspecified atom stereocenters. The minimum atomic E-state index is -0.757. The molecule has 1 atom stereocenters. The molecule has 1 amide bonds. The summed E-state index contributed by atoms with van der Waals surface area (Å²) in [5.74, 6) is -0.899. The van der Waals surface area contributed by atoms with Crippen LogP contribution in [0.4, 0.5) is 5.69 Å². The molecule has 2 aromatic carbocycles. The summed E-state index contributed by atoms with van der Waals surface area (Å²) in [5, 5.41) is 2.85. The monoisotopic (exact) mass is 408 g/mol. The number of ether oxygens (including phenoxy) is 3. The van der Waals surface area contributed by atoms with E-state index in [0.29, 0.717) is 22.8 Å². The third kappa shape index (κ3) is 4.30. The van der Waals surface area contributed by atoms with Gasteiger partial charge in [-0.25, -0.2) is 4.79 Å². The molecule has 0 spiro atoms. The molecule has 0 aliphatic carbocycles. The number of amides is 1. The molecule has 1 aliphatic rings. The number of anilines is 1. The Kier molecular flexibility index (Phi) is 6.41. The van der Waals surface area contributed by atoms with Crippen LogP contribution < -0.4 is 15.8 Å². The van der Waals surface area contributed by atoms with Crippen LogP contribution in [0.3, 0.4) is 0 Å². The fourth-order valence-corrected chi connectivity index (χ4v) is 3.33. The minimum absolute atomic E-state index is 0.0805. The van der Waals surface area contributed by atoms with Crippen LogP contribution in [0, 0.1) is 0 Å². The highest BCUT2D eigenvalue weighted by Gasteiger charge is 2.39. The number of esters is 1. The highest BCUT2D eigenvalue weighted by molar-refractivity contribution is 6.08. The van der Waals surface area contributed by atoms with Gasteiger partial charge in [0.1, 0.15) is 17.1 Å². The fourth-order valence-electron chi connectivity index (χ4n) is 3.33. The summed E-state index contributed by atoms with van der Waals surface area (Å²) < 4.78 is 16.0. The van der Waals surface area contributed by atoms with Gasteiger partial charge in [-0.2, -0.15) is 0 Å². The van der Waals surface area contributed by atoms with Crippen LogP contribution in [-0.2, 0) is 19.1 Å². The fraction of sp³-hybridized carbons (Fsp3) is 0.217. The van der Waals surface area contributed by atoms with Crippen LogP contribution in [0.1, 0.15) is 25.3 Å². The van der Waals surface area contributed by atoms with E-state index in [4.69, 9.17) is 19.9 Å². The number of para-hydroxylation sites is 1. The molecule has 30 heavy (non-hydrogen) atoms. The number of carbonyl (C=O) groups is 2. The lowest BCUT2D eigenvalue weighted by molar-refractivity contribution is -0.139. The molecule has 7 heteroatoms. The molecule has 0 radical (unpaired) electrons. The molecule has 7 nitrogen and oxygen atoms in total. The molecule has 3 N–H and O–H groups in total. The molecule has 0 bridgehead atoms. The first-order valence-corrected chi connectivity index (χ1v) is 9.52. The Morgan fingerprint density at radius 2 is 1.73 bits per heavy atom. The highest BCUT2D eigenvalue weighted by Crippen LogP contribution is 2.40. The van der Waals surface area contributed by atoms with Crippen molar-refractivity contribution in [2.24, 2.45) is 5.73 Å². The number of carbonyl (C=O) groups excluding carboxylic acids is 2. The van der Waals surface area contributed by atoms with E-state index in [1.165, 1.54) is 0 Å². The van der Waals surface area contributed by atoms with E-state index >= 15 is 0 Å². The molecular weight excluding hydrogens is 384 g/mol. The molecule has 0 aromatic heterocycles. The van der Waals surface area contributed by atoms with Crippen molar-refractivity contribution in [2.45, 2.75) is 19.8 Å². The zero-order chi connectivity index (χ0) is 21.7. The molecule has 0 saturated heterocycles. The SMILES string of the molecule is CCOC(=O)C1=C(N)OC(C)=C(C(=O)Nc2ccccc2)[C@@H]1c1ccc(OC)cc1. The Balaban J connectivity index is 2.08. The van der Waals surface area contributed by atoms with Crippen LogP contribution in [0.15, 0.2) is 77.4 Å². The van der Waals surface area contributed by atoms with Gasteiger partial charge in [0.2, 0.25) is 5.88 Å². The minimum Gasteiger partial charge on any atom is -0.497 e. The molecule has 0 saturated carbocycles. The smallest absolute Gasteiger partial charge is 0.340 e. The Bertz CT molecular complexity index is 994. The van der Waals surface area contributed by atoms with Gasteiger partial charge in [0.05, 0.1) is 25.2 Å². The molecule has 156 valence electrons. The quantitative estimate of drug-likeness (QED) is 0.710. The number of benzene rings is 2. The van der Waals surface area contributed by atoms with Gasteiger partial charge in [-0.3, -0.25) is 4.79 Å². The first-order valence-electron chi connectivity index (χ1n) is 9.52. The Morgan fingerprint density at radius 1 is 1.07 bits per heavy atom. The van der Waals surface area contributed by atoms with Gasteiger partial charge >= 0.3 is 5.97 Å². The van der Waals surface area contributed by atoms with E-state index in [-0.39, 0.29) is 23.6 Å². The van der Waals surface area contributed by atoms with E-state index in [2.05, 4.69) is 5.32 Å². The zero-order valence-corrected chi connectivity index (χ0v) is 17.1. The van der Waals surface area contributed by atoms with Crippen molar-refractivity contribution in [3.05, 3.63) is 82.9 Å². The van der Waals surface area contributed by atoms with Gasteiger partial charge in [-0.05, 0) is 43.7 Å². The van der Waals surface area contributed by atoms with Gasteiger partial charge in [0.25, 0.3) is 5.91 Å². The Labute approximate surface area is 175 Å². The number of hydrogen-bond acceptors (Lipinski definition) is 6. The van der Waals surface area contributed by atoms with Crippen LogP contribution >= 0.6 is 0 Å². The number of rotatable bonds is 6. The zero-order valence-electron chi connectivity index (χ0n) is 17.1. The van der Waals surface area contributed by atoms with Crippen molar-refractivity contribution in [1.82, 2.24) is 0 Å². The first kappa shape index (κ1) is 21.0. The average molecular weight is 408 g/mol. The lowest BCUT2D eigenvalue weighted by Gasteiger charge is -2.29. The van der Waals surface area contributed by atoms with E-state index in [9.17, 15) is 9.59 Å². The predicted octanol–water partition coefficient (Wildman–Crippen LogP) is 3.46. The molecule has 2 aromatic rings. The van der Waals surface area contributed by atoms with Gasteiger partial charge < -0.3 is 25.3 Å². The second-order valence-corrected chi connectivity index (χ2v) is 6.60. The van der Waals surface area contributed by atoms with Crippen molar-refractivity contribution in [1.29, 1.82) is 0 Å². The standard InChI is InChI=1S/C23H24N2O5/c1-4-29-23(27)20-19(15-10-12-17(28-3)13-11-15)18(14(2)30-21(20)24)22(26)25-16-8-6-5-7-9-16/h5-13,19H,4,24H2,1-3H3,(H,25,26)/t19-/m0/s1. The van der Waals surface area contributed by atoms with Crippen LogP contribution in [0.25, 0.3) is 0 Å². The second kappa shape index (κ2) is 9.17. The Morgan fingerprint density at radius 3 is 2.33 bits per heavy atom. The van der Waals surface area contributed by atoms with Crippen molar-refractivity contribution < 1.29 is 23.8 Å². The largest absolute Gasteiger partial charge is 0.497 e. The summed E-state index contributed by atoms with van der Waals surface area (Å²) in [4.78, 5) is 26.0. The second-order valence-electron chi connectivity index (χ2n) is 6.60. The maximum Gasteiger partial charge on any atom is 0.340 e. The normalized spacial score (nSPS) is 16.0. The number of nitrogens with two attached hydrogens (primary N) is 1. The summed E-state index contributed by atoms with van der Waals surface area (Å²) in [7, 11) is 1.56. The lowest BCUT2D eigenvalue weighted by atomic mass is 9.82. The summed E-state index contributed by atoms with van der Waals surface area (Å²) >= 11 is 0. The number of hydrogen-bond donors (Lipinski definition) is 2.